The van der Waals surface area contributed by atoms with Gasteiger partial charge in [0.1, 0.15) is 18.0 Å². The minimum Gasteiger partial charge on any atom is -0.491 e. The number of esters is 1. The number of likely N-dealkylation sites (tertiary alicyclic amines) is 1. The van der Waals surface area contributed by atoms with Gasteiger partial charge in [0.05, 0.1) is 12.7 Å². The van der Waals surface area contributed by atoms with E-state index in [-0.39, 0.29) is 12.6 Å². The number of nitrogens with zero attached hydrogens (tertiary/aromatic N) is 1. The second kappa shape index (κ2) is 8.34. The zero-order valence-electron chi connectivity index (χ0n) is 15.1. The molecule has 3 rings (SSSR count). The van der Waals surface area contributed by atoms with Gasteiger partial charge in [0.2, 0.25) is 0 Å². The second-order valence-electron chi connectivity index (χ2n) is 6.79. The summed E-state index contributed by atoms with van der Waals surface area (Å²) in [5.74, 6) is 0.263. The van der Waals surface area contributed by atoms with E-state index in [1.807, 2.05) is 6.07 Å². The molecule has 2 aromatic carbocycles. The Morgan fingerprint density at radius 3 is 2.35 bits per heavy atom. The molecule has 26 heavy (non-hydrogen) atoms. The highest BCUT2D eigenvalue weighted by molar-refractivity contribution is 5.89. The number of rotatable bonds is 6. The first-order valence-corrected chi connectivity index (χ1v) is 8.88. The normalized spacial score (nSPS) is 16.8. The predicted octanol–water partition coefficient (Wildman–Crippen LogP) is 2.88. The van der Waals surface area contributed by atoms with E-state index < -0.39 is 5.60 Å². The molecule has 0 aromatic heterocycles. The van der Waals surface area contributed by atoms with Gasteiger partial charge in [-0.25, -0.2) is 4.79 Å². The van der Waals surface area contributed by atoms with E-state index in [9.17, 15) is 9.90 Å². The Bertz CT molecular complexity index is 707. The molecule has 0 amide bonds. The molecule has 0 radical (unpaired) electrons. The number of carbonyl (C=O) groups excluding carboxylic acids is 1. The zero-order valence-corrected chi connectivity index (χ0v) is 15.1. The summed E-state index contributed by atoms with van der Waals surface area (Å²) in [5.41, 5.74) is 0.960. The van der Waals surface area contributed by atoms with Crippen LogP contribution in [0.15, 0.2) is 54.6 Å². The fourth-order valence-corrected chi connectivity index (χ4v) is 3.14. The monoisotopic (exact) mass is 355 g/mol. The van der Waals surface area contributed by atoms with Crippen LogP contribution in [0.1, 0.15) is 28.8 Å². The van der Waals surface area contributed by atoms with Gasteiger partial charge in [0, 0.05) is 19.6 Å². The fourth-order valence-electron chi connectivity index (χ4n) is 3.14. The van der Waals surface area contributed by atoms with Crippen LogP contribution in [0, 0.1) is 0 Å². The summed E-state index contributed by atoms with van der Waals surface area (Å²) in [4.78, 5) is 13.8. The van der Waals surface area contributed by atoms with Gasteiger partial charge in [0.15, 0.2) is 0 Å². The number of methoxy groups -OCH3 is 1. The Balaban J connectivity index is 1.47. The van der Waals surface area contributed by atoms with E-state index in [1.165, 1.54) is 12.7 Å². The number of aliphatic hydroxyl groups is 1. The first-order chi connectivity index (χ1) is 12.6. The van der Waals surface area contributed by atoms with Crippen LogP contribution in [-0.2, 0) is 11.3 Å². The van der Waals surface area contributed by atoms with E-state index in [1.54, 1.807) is 24.3 Å². The Kier molecular flexibility index (Phi) is 5.91. The maximum Gasteiger partial charge on any atom is 0.337 e. The van der Waals surface area contributed by atoms with E-state index in [0.29, 0.717) is 24.2 Å². The third kappa shape index (κ3) is 4.84. The molecule has 1 N–H and O–H groups in total. The Hall–Kier alpha value is -2.37. The van der Waals surface area contributed by atoms with E-state index in [4.69, 9.17) is 4.74 Å². The second-order valence-corrected chi connectivity index (χ2v) is 6.79. The number of hydrogen-bond acceptors (Lipinski definition) is 5. The van der Waals surface area contributed by atoms with Crippen LogP contribution in [-0.4, -0.2) is 48.4 Å². The van der Waals surface area contributed by atoms with Gasteiger partial charge >= 0.3 is 5.97 Å². The zero-order chi connectivity index (χ0) is 18.4. The van der Waals surface area contributed by atoms with Crippen molar-refractivity contribution < 1.29 is 19.4 Å². The number of carbonyl (C=O) groups is 1. The molecule has 0 spiro atoms. The lowest BCUT2D eigenvalue weighted by atomic mass is 9.92. The smallest absolute Gasteiger partial charge is 0.337 e. The largest absolute Gasteiger partial charge is 0.491 e. The Morgan fingerprint density at radius 1 is 1.08 bits per heavy atom. The number of benzene rings is 2. The molecule has 2 aromatic rings. The van der Waals surface area contributed by atoms with Crippen LogP contribution in [0.5, 0.6) is 5.75 Å². The number of hydrogen-bond donors (Lipinski definition) is 1. The molecule has 1 aliphatic heterocycles. The maximum atomic E-state index is 11.4. The van der Waals surface area contributed by atoms with Crippen molar-refractivity contribution in [3.63, 3.8) is 0 Å². The lowest BCUT2D eigenvalue weighted by Crippen LogP contribution is -2.47. The van der Waals surface area contributed by atoms with Crippen molar-refractivity contribution in [2.75, 3.05) is 26.8 Å². The van der Waals surface area contributed by atoms with Crippen LogP contribution in [0.2, 0.25) is 0 Å². The van der Waals surface area contributed by atoms with Crippen molar-refractivity contribution >= 4 is 5.97 Å². The molecule has 0 saturated carbocycles. The van der Waals surface area contributed by atoms with Gasteiger partial charge in [-0.2, -0.15) is 0 Å². The predicted molar refractivity (Wildman–Crippen MR) is 99.2 cm³/mol. The van der Waals surface area contributed by atoms with Crippen LogP contribution >= 0.6 is 0 Å². The third-order valence-corrected chi connectivity index (χ3v) is 4.82. The van der Waals surface area contributed by atoms with E-state index in [2.05, 4.69) is 33.9 Å². The number of ether oxygens (including phenoxy) is 2. The molecule has 1 aliphatic rings. The molecule has 5 heteroatoms. The highest BCUT2D eigenvalue weighted by Crippen LogP contribution is 2.25. The van der Waals surface area contributed by atoms with Crippen molar-refractivity contribution in [2.45, 2.75) is 25.0 Å². The molecule has 1 heterocycles. The topological polar surface area (TPSA) is 59.0 Å². The molecule has 138 valence electrons. The van der Waals surface area contributed by atoms with Crippen LogP contribution in [0.25, 0.3) is 0 Å². The summed E-state index contributed by atoms with van der Waals surface area (Å²) in [6, 6.07) is 17.1. The minimum atomic E-state index is -0.811. The standard InChI is InChI=1S/C21H25NO4/c1-25-20(23)18-7-9-19(10-8-18)26-16-21(24)11-13-22(14-12-21)15-17-5-3-2-4-6-17/h2-10,24H,11-16H2,1H3. The SMILES string of the molecule is COC(=O)c1ccc(OCC2(O)CCN(Cc3ccccc3)CC2)cc1. The van der Waals surface area contributed by atoms with Gasteiger partial charge in [-0.15, -0.1) is 0 Å². The summed E-state index contributed by atoms with van der Waals surface area (Å²) in [6.45, 7) is 2.85. The molecule has 1 saturated heterocycles. The van der Waals surface area contributed by atoms with Gasteiger partial charge in [-0.3, -0.25) is 4.90 Å². The quantitative estimate of drug-likeness (QED) is 0.808. The molecular formula is C21H25NO4. The first kappa shape index (κ1) is 18.4. The number of piperidine rings is 1. The molecule has 0 unspecified atom stereocenters. The lowest BCUT2D eigenvalue weighted by molar-refractivity contribution is -0.0537. The molecule has 0 atom stereocenters. The average molecular weight is 355 g/mol. The van der Waals surface area contributed by atoms with Crippen molar-refractivity contribution in [1.82, 2.24) is 4.90 Å². The van der Waals surface area contributed by atoms with Gasteiger partial charge in [-0.1, -0.05) is 30.3 Å². The molecule has 5 nitrogen and oxygen atoms in total. The third-order valence-electron chi connectivity index (χ3n) is 4.82. The fraction of sp³-hybridized carbons (Fsp3) is 0.381. The van der Waals surface area contributed by atoms with Gasteiger partial charge in [0.25, 0.3) is 0 Å². The van der Waals surface area contributed by atoms with Crippen LogP contribution in [0.4, 0.5) is 0 Å². The van der Waals surface area contributed by atoms with Crippen LogP contribution in [0.3, 0.4) is 0 Å². The highest BCUT2D eigenvalue weighted by atomic mass is 16.5. The van der Waals surface area contributed by atoms with E-state index in [0.717, 1.165) is 19.6 Å². The maximum absolute atomic E-state index is 11.4. The molecular weight excluding hydrogens is 330 g/mol. The lowest BCUT2D eigenvalue weighted by Gasteiger charge is -2.38. The first-order valence-electron chi connectivity index (χ1n) is 8.88. The molecule has 0 bridgehead atoms. The van der Waals surface area contributed by atoms with Gasteiger partial charge < -0.3 is 14.6 Å². The summed E-state index contributed by atoms with van der Waals surface area (Å²) in [6.07, 6.45) is 1.36. The summed E-state index contributed by atoms with van der Waals surface area (Å²) >= 11 is 0. The average Bonchev–Trinajstić information content (AvgIpc) is 2.69. The van der Waals surface area contributed by atoms with E-state index >= 15 is 0 Å². The Morgan fingerprint density at radius 2 is 1.73 bits per heavy atom. The Labute approximate surface area is 154 Å². The summed E-state index contributed by atoms with van der Waals surface area (Å²) in [5, 5.41) is 10.8. The molecule has 0 aliphatic carbocycles. The minimum absolute atomic E-state index is 0.254. The summed E-state index contributed by atoms with van der Waals surface area (Å²) in [7, 11) is 1.35. The van der Waals surface area contributed by atoms with Crippen molar-refractivity contribution in [1.29, 1.82) is 0 Å². The molecule has 1 fully saturated rings. The summed E-state index contributed by atoms with van der Waals surface area (Å²) < 4.78 is 10.4. The highest BCUT2D eigenvalue weighted by Gasteiger charge is 2.33. The van der Waals surface area contributed by atoms with Crippen molar-refractivity contribution in [3.8, 4) is 5.75 Å². The van der Waals surface area contributed by atoms with Gasteiger partial charge in [-0.05, 0) is 42.7 Å². The van der Waals surface area contributed by atoms with Crippen molar-refractivity contribution in [2.24, 2.45) is 0 Å². The van der Waals surface area contributed by atoms with Crippen molar-refractivity contribution in [3.05, 3.63) is 65.7 Å². The van der Waals surface area contributed by atoms with Crippen LogP contribution < -0.4 is 4.74 Å².